The number of pyridine rings is 2. The van der Waals surface area contributed by atoms with Gasteiger partial charge in [0, 0.05) is 71.2 Å². The number of halogens is 3. The molecular weight excluding hydrogens is 730 g/mol. The first-order chi connectivity index (χ1) is 26.2. The molecule has 0 spiro atoms. The third kappa shape index (κ3) is 5.77. The molecule has 2 aromatic carbocycles. The summed E-state index contributed by atoms with van der Waals surface area (Å²) in [6.07, 6.45) is 4.00. The molecule has 5 aliphatic rings. The Kier molecular flexibility index (Phi) is 8.93. The van der Waals surface area contributed by atoms with Crippen molar-refractivity contribution < 1.29 is 23.8 Å². The third-order valence-corrected chi connectivity index (χ3v) is 12.5. The lowest BCUT2D eigenvalue weighted by Gasteiger charge is -2.39. The number of fused-ring (bicyclic) bond motifs is 4. The SMILES string of the molecule is COc1cc(O[C@H]2C[C@H](c3cc4c(C(C)O)nc5c(F)c(-c6cccc(Cl)c6Cl)c(CCC#N)cc5c4n3[C@H]3[C@H]4CN[C@@H]3C4)N(C(=O)C3CC3)C2)ccn1. The van der Waals surface area contributed by atoms with Gasteiger partial charge >= 0.3 is 0 Å². The monoisotopic (exact) mass is 768 g/mol. The second kappa shape index (κ2) is 13.7. The van der Waals surface area contributed by atoms with Crippen LogP contribution in [0.3, 0.4) is 0 Å². The van der Waals surface area contributed by atoms with Crippen LogP contribution in [-0.4, -0.2) is 62.8 Å². The fourth-order valence-corrected chi connectivity index (χ4v) is 9.42. The standard InChI is InChI=1S/C41H39Cl2FN6O4/c1-20(51)37-28-17-32(31-15-25(19-49(31)41(52)21-8-9-21)54-24-10-12-46-33(16-24)53-2)50(39-23-14-30(39)47-18-23)40(28)27-13-22(5-4-11-45)34(36(44)38(27)48-37)26-6-3-7-29(42)35(26)43/h3,6-7,10,12-13,16-17,20-21,23,25,30-31,39,47,51H,4-5,8-9,14-15,18-19H2,1-2H3/t20?,23-,25+,30-,31-,39+/m1/s1. The molecule has 2 N–H and O–H groups in total. The summed E-state index contributed by atoms with van der Waals surface area (Å²) >= 11 is 13.1. The number of nitriles is 1. The quantitative estimate of drug-likeness (QED) is 0.147. The van der Waals surface area contributed by atoms with Crippen LogP contribution < -0.4 is 14.8 Å². The molecule has 6 atom stereocenters. The van der Waals surface area contributed by atoms with E-state index in [9.17, 15) is 15.2 Å². The average Bonchev–Trinajstić information content (AvgIpc) is 3.43. The summed E-state index contributed by atoms with van der Waals surface area (Å²) in [5, 5.41) is 26.4. The molecule has 54 heavy (non-hydrogen) atoms. The molecule has 5 aromatic rings. The van der Waals surface area contributed by atoms with Crippen LogP contribution >= 0.6 is 23.2 Å². The molecule has 0 radical (unpaired) electrons. The first-order valence-electron chi connectivity index (χ1n) is 18.6. The van der Waals surface area contributed by atoms with Crippen molar-refractivity contribution in [2.45, 2.75) is 75.8 Å². The number of hydrogen-bond donors (Lipinski definition) is 2. The van der Waals surface area contributed by atoms with Crippen molar-refractivity contribution in [3.8, 4) is 28.8 Å². The van der Waals surface area contributed by atoms with E-state index in [1.807, 2.05) is 11.0 Å². The number of aliphatic hydroxyl groups excluding tert-OH is 1. The van der Waals surface area contributed by atoms with E-state index in [1.165, 1.54) is 0 Å². The van der Waals surface area contributed by atoms with E-state index in [-0.39, 0.29) is 70.0 Å². The smallest absolute Gasteiger partial charge is 0.226 e. The van der Waals surface area contributed by atoms with Crippen LogP contribution in [0.5, 0.6) is 11.6 Å². The van der Waals surface area contributed by atoms with Crippen molar-refractivity contribution in [2.75, 3.05) is 20.2 Å². The Bertz CT molecular complexity index is 2360. The molecule has 5 fully saturated rings. The molecule has 10 nitrogen and oxygen atoms in total. The van der Waals surface area contributed by atoms with Crippen molar-refractivity contribution in [3.05, 3.63) is 81.5 Å². The van der Waals surface area contributed by atoms with E-state index in [0.717, 1.165) is 37.0 Å². The van der Waals surface area contributed by atoms with Crippen LogP contribution in [0.25, 0.3) is 32.9 Å². The maximum Gasteiger partial charge on any atom is 0.226 e. The van der Waals surface area contributed by atoms with Gasteiger partial charge in [-0.3, -0.25) is 4.79 Å². The molecule has 1 amide bonds. The van der Waals surface area contributed by atoms with Crippen LogP contribution in [-0.2, 0) is 11.2 Å². The normalized spacial score (nSPS) is 23.8. The number of nitrogens with one attached hydrogen (secondary N) is 1. The molecule has 3 saturated heterocycles. The van der Waals surface area contributed by atoms with Crippen LogP contribution in [0.4, 0.5) is 4.39 Å². The van der Waals surface area contributed by atoms with Gasteiger partial charge in [0.15, 0.2) is 5.82 Å². The minimum absolute atomic E-state index is 0.0179. The number of ether oxygens (including phenoxy) is 2. The van der Waals surface area contributed by atoms with E-state index >= 15 is 4.39 Å². The Morgan fingerprint density at radius 2 is 2.02 bits per heavy atom. The third-order valence-electron chi connectivity index (χ3n) is 11.7. The van der Waals surface area contributed by atoms with Crippen LogP contribution in [0.15, 0.2) is 48.7 Å². The molecule has 278 valence electrons. The zero-order chi connectivity index (χ0) is 37.4. The second-order valence-electron chi connectivity index (χ2n) is 15.0. The van der Waals surface area contributed by atoms with Gasteiger partial charge in [-0.05, 0) is 68.4 Å². The van der Waals surface area contributed by atoms with Crippen molar-refractivity contribution in [1.29, 1.82) is 5.26 Å². The number of methoxy groups -OCH3 is 1. The molecule has 2 bridgehead atoms. The number of carbonyl (C=O) groups is 1. The van der Waals surface area contributed by atoms with Gasteiger partial charge in [0.25, 0.3) is 0 Å². The van der Waals surface area contributed by atoms with Gasteiger partial charge in [-0.2, -0.15) is 5.26 Å². The Hall–Kier alpha value is -4.47. The van der Waals surface area contributed by atoms with E-state index < -0.39 is 11.9 Å². The minimum atomic E-state index is -1.03. The van der Waals surface area contributed by atoms with Gasteiger partial charge in [0.2, 0.25) is 11.8 Å². The maximum atomic E-state index is 17.4. The van der Waals surface area contributed by atoms with Crippen LogP contribution in [0.2, 0.25) is 10.0 Å². The van der Waals surface area contributed by atoms with Crippen molar-refractivity contribution in [2.24, 2.45) is 11.8 Å². The number of rotatable bonds is 10. The van der Waals surface area contributed by atoms with Crippen molar-refractivity contribution >= 4 is 50.9 Å². The first-order valence-corrected chi connectivity index (χ1v) is 19.3. The summed E-state index contributed by atoms with van der Waals surface area (Å²) in [5.74, 6) is 0.876. The zero-order valence-corrected chi connectivity index (χ0v) is 31.4. The molecule has 1 unspecified atom stereocenters. The van der Waals surface area contributed by atoms with Gasteiger partial charge < -0.3 is 29.4 Å². The summed E-state index contributed by atoms with van der Waals surface area (Å²) in [6, 6.07) is 14.7. The number of carbonyl (C=O) groups excluding carboxylic acids is 1. The van der Waals surface area contributed by atoms with Crippen LogP contribution in [0, 0.1) is 29.0 Å². The molecule has 6 heterocycles. The molecule has 2 saturated carbocycles. The topological polar surface area (TPSA) is 126 Å². The fourth-order valence-electron chi connectivity index (χ4n) is 9.03. The predicted molar refractivity (Wildman–Crippen MR) is 203 cm³/mol. The number of aromatic nitrogens is 3. The highest BCUT2D eigenvalue weighted by Crippen LogP contribution is 2.52. The number of benzene rings is 2. The summed E-state index contributed by atoms with van der Waals surface area (Å²) in [6.45, 7) is 2.89. The first kappa shape index (κ1) is 35.2. The number of hydrogen-bond acceptors (Lipinski definition) is 8. The van der Waals surface area contributed by atoms with Crippen molar-refractivity contribution in [3.63, 3.8) is 0 Å². The van der Waals surface area contributed by atoms with Gasteiger partial charge in [0.1, 0.15) is 17.4 Å². The van der Waals surface area contributed by atoms with E-state index in [4.69, 9.17) is 37.7 Å². The Morgan fingerprint density at radius 1 is 1.19 bits per heavy atom. The summed E-state index contributed by atoms with van der Waals surface area (Å²) in [7, 11) is 1.56. The number of amides is 1. The molecule has 13 heteroatoms. The fraction of sp³-hybridized carbons (Fsp3) is 0.415. The molecule has 3 aromatic heterocycles. The Balaban J connectivity index is 1.28. The number of likely N-dealkylation sites (tertiary alicyclic amines) is 1. The molecule has 10 rings (SSSR count). The van der Waals surface area contributed by atoms with E-state index in [0.29, 0.717) is 58.1 Å². The van der Waals surface area contributed by atoms with E-state index in [2.05, 4.69) is 27.0 Å². The minimum Gasteiger partial charge on any atom is -0.488 e. The summed E-state index contributed by atoms with van der Waals surface area (Å²) in [5.41, 5.74) is 3.37. The summed E-state index contributed by atoms with van der Waals surface area (Å²) in [4.78, 5) is 25.1. The Labute approximate surface area is 321 Å². The maximum absolute atomic E-state index is 17.4. The lowest BCUT2D eigenvalue weighted by molar-refractivity contribution is -0.133. The Morgan fingerprint density at radius 3 is 2.72 bits per heavy atom. The highest BCUT2D eigenvalue weighted by Gasteiger charge is 2.51. The molecule has 3 aliphatic heterocycles. The average molecular weight is 770 g/mol. The number of aliphatic hydroxyl groups is 1. The highest BCUT2D eigenvalue weighted by molar-refractivity contribution is 6.43. The van der Waals surface area contributed by atoms with Gasteiger partial charge in [-0.1, -0.05) is 35.3 Å². The summed E-state index contributed by atoms with van der Waals surface area (Å²) < 4.78 is 31.5. The van der Waals surface area contributed by atoms with Gasteiger partial charge in [0.05, 0.1) is 59.2 Å². The number of nitrogens with zero attached hydrogens (tertiary/aromatic N) is 5. The predicted octanol–water partition coefficient (Wildman–Crippen LogP) is 7.88. The van der Waals surface area contributed by atoms with Crippen molar-refractivity contribution in [1.82, 2.24) is 24.8 Å². The van der Waals surface area contributed by atoms with Gasteiger partial charge in [-0.25, -0.2) is 14.4 Å². The lowest BCUT2D eigenvalue weighted by atomic mass is 9.79. The van der Waals surface area contributed by atoms with Gasteiger partial charge in [-0.15, -0.1) is 0 Å². The number of aryl methyl sites for hydroxylation is 1. The van der Waals surface area contributed by atoms with Crippen LogP contribution in [0.1, 0.15) is 74.2 Å². The van der Waals surface area contributed by atoms with E-state index in [1.54, 1.807) is 50.6 Å². The highest BCUT2D eigenvalue weighted by atomic mass is 35.5. The molecule has 2 aliphatic carbocycles. The zero-order valence-electron chi connectivity index (χ0n) is 29.9. The molecular formula is C41H39Cl2FN6O4. The largest absolute Gasteiger partial charge is 0.488 e. The second-order valence-corrected chi connectivity index (χ2v) is 15.8. The lowest BCUT2D eigenvalue weighted by Crippen LogP contribution is -2.41.